The van der Waals surface area contributed by atoms with Crippen molar-refractivity contribution in [1.29, 1.82) is 0 Å². The second-order valence-corrected chi connectivity index (χ2v) is 7.34. The number of nitrogens with zero attached hydrogens (tertiary/aromatic N) is 2. The number of rotatable bonds is 7. The van der Waals surface area contributed by atoms with Crippen molar-refractivity contribution < 1.29 is 18.3 Å². The fourth-order valence-corrected chi connectivity index (χ4v) is 3.55. The van der Waals surface area contributed by atoms with Crippen LogP contribution in [-0.4, -0.2) is 54.5 Å². The Morgan fingerprint density at radius 2 is 1.83 bits per heavy atom. The van der Waals surface area contributed by atoms with Crippen LogP contribution >= 0.6 is 0 Å². The highest BCUT2D eigenvalue weighted by molar-refractivity contribution is 5.95. The molecule has 1 amide bonds. The van der Waals surface area contributed by atoms with E-state index in [4.69, 9.17) is 0 Å². The number of anilines is 1. The highest BCUT2D eigenvalue weighted by atomic mass is 19.3. The Labute approximate surface area is 170 Å². The lowest BCUT2D eigenvalue weighted by Crippen LogP contribution is -2.52. The topological polar surface area (TPSA) is 44.8 Å². The van der Waals surface area contributed by atoms with E-state index in [9.17, 15) is 13.6 Å². The smallest absolute Gasteiger partial charge is 0.387 e. The average Bonchev–Trinajstić information content (AvgIpc) is 2.69. The van der Waals surface area contributed by atoms with Crippen molar-refractivity contribution in [3.05, 3.63) is 59.7 Å². The Kier molecular flexibility index (Phi) is 7.17. The Balaban J connectivity index is 1.52. The molecule has 1 unspecified atom stereocenters. The van der Waals surface area contributed by atoms with Gasteiger partial charge in [-0.1, -0.05) is 42.0 Å². The lowest BCUT2D eigenvalue weighted by Gasteiger charge is -2.37. The van der Waals surface area contributed by atoms with E-state index in [1.54, 1.807) is 18.2 Å². The van der Waals surface area contributed by atoms with Gasteiger partial charge < -0.3 is 10.1 Å². The molecule has 5 nitrogen and oxygen atoms in total. The van der Waals surface area contributed by atoms with E-state index in [1.807, 2.05) is 6.92 Å². The maximum absolute atomic E-state index is 12.7. The number of ether oxygens (including phenoxy) is 1. The molecule has 0 spiro atoms. The van der Waals surface area contributed by atoms with Gasteiger partial charge in [-0.3, -0.25) is 14.6 Å². The van der Waals surface area contributed by atoms with E-state index in [2.05, 4.69) is 51.0 Å². The van der Waals surface area contributed by atoms with Crippen LogP contribution in [-0.2, 0) is 11.3 Å². The predicted octanol–water partition coefficient (Wildman–Crippen LogP) is 3.74. The second kappa shape index (κ2) is 9.80. The molecular weight excluding hydrogens is 376 g/mol. The number of piperazine rings is 1. The van der Waals surface area contributed by atoms with Crippen molar-refractivity contribution in [2.24, 2.45) is 0 Å². The number of amides is 1. The van der Waals surface area contributed by atoms with E-state index in [0.717, 1.165) is 32.7 Å². The Bertz CT molecular complexity index is 823. The van der Waals surface area contributed by atoms with Crippen molar-refractivity contribution in [2.45, 2.75) is 33.0 Å². The normalized spacial score (nSPS) is 16.6. The molecular formula is C22H27F2N3O2. The van der Waals surface area contributed by atoms with Crippen LogP contribution in [0.3, 0.4) is 0 Å². The van der Waals surface area contributed by atoms with E-state index in [-0.39, 0.29) is 23.4 Å². The van der Waals surface area contributed by atoms with Crippen LogP contribution in [0.2, 0.25) is 0 Å². The quantitative estimate of drug-likeness (QED) is 0.765. The van der Waals surface area contributed by atoms with Crippen LogP contribution in [0.5, 0.6) is 5.75 Å². The second-order valence-electron chi connectivity index (χ2n) is 7.34. The molecule has 156 valence electrons. The molecule has 29 heavy (non-hydrogen) atoms. The summed E-state index contributed by atoms with van der Waals surface area (Å²) in [5, 5.41) is 2.72. The number of aryl methyl sites for hydroxylation is 1. The lowest BCUT2D eigenvalue weighted by molar-refractivity contribution is -0.121. The number of nitrogens with one attached hydrogen (secondary N) is 1. The van der Waals surface area contributed by atoms with Gasteiger partial charge in [-0.15, -0.1) is 0 Å². The minimum Gasteiger partial charge on any atom is -0.433 e. The minimum absolute atomic E-state index is 0.0361. The summed E-state index contributed by atoms with van der Waals surface area (Å²) in [6, 6.07) is 14.4. The van der Waals surface area contributed by atoms with Crippen LogP contribution in [0.4, 0.5) is 14.5 Å². The molecule has 3 rings (SSSR count). The van der Waals surface area contributed by atoms with Crippen LogP contribution < -0.4 is 10.1 Å². The largest absolute Gasteiger partial charge is 0.433 e. The molecule has 1 fully saturated rings. The van der Waals surface area contributed by atoms with Gasteiger partial charge in [0.25, 0.3) is 0 Å². The summed E-state index contributed by atoms with van der Waals surface area (Å²) in [6.07, 6.45) is 0. The van der Waals surface area contributed by atoms with Crippen molar-refractivity contribution >= 4 is 11.6 Å². The summed E-state index contributed by atoms with van der Waals surface area (Å²) in [7, 11) is 0. The number of hydrogen-bond donors (Lipinski definition) is 1. The zero-order valence-corrected chi connectivity index (χ0v) is 16.8. The molecule has 1 atom stereocenters. The van der Waals surface area contributed by atoms with Gasteiger partial charge in [0.1, 0.15) is 5.75 Å². The average molecular weight is 403 g/mol. The standard InChI is InChI=1S/C22H27F2N3O2/c1-16-6-5-7-18(14-16)15-26-10-12-27(13-11-26)17(2)21(28)25-19-8-3-4-9-20(19)29-22(23)24/h3-9,14,17,22H,10-13,15H2,1-2H3,(H,25,28). The Hall–Kier alpha value is -2.51. The minimum atomic E-state index is -2.94. The number of carbonyl (C=O) groups excluding carboxylic acids is 1. The molecule has 1 saturated heterocycles. The van der Waals surface area contributed by atoms with Crippen molar-refractivity contribution in [2.75, 3.05) is 31.5 Å². The first-order valence-electron chi connectivity index (χ1n) is 9.79. The maximum Gasteiger partial charge on any atom is 0.387 e. The summed E-state index contributed by atoms with van der Waals surface area (Å²) >= 11 is 0. The van der Waals surface area contributed by atoms with Crippen LogP contribution in [0.25, 0.3) is 0 Å². The van der Waals surface area contributed by atoms with Gasteiger partial charge in [-0.05, 0) is 31.5 Å². The van der Waals surface area contributed by atoms with Crippen LogP contribution in [0, 0.1) is 6.92 Å². The summed E-state index contributed by atoms with van der Waals surface area (Å²) < 4.78 is 29.6. The third-order valence-corrected chi connectivity index (χ3v) is 5.18. The molecule has 1 heterocycles. The van der Waals surface area contributed by atoms with Crippen LogP contribution in [0.1, 0.15) is 18.1 Å². The maximum atomic E-state index is 12.7. The first-order chi connectivity index (χ1) is 13.9. The number of halogens is 2. The molecule has 0 bridgehead atoms. The zero-order chi connectivity index (χ0) is 20.8. The van der Waals surface area contributed by atoms with E-state index in [0.29, 0.717) is 0 Å². The van der Waals surface area contributed by atoms with Crippen molar-refractivity contribution in [1.82, 2.24) is 9.80 Å². The summed E-state index contributed by atoms with van der Waals surface area (Å²) in [5.74, 6) is -0.270. The Morgan fingerprint density at radius 3 is 2.52 bits per heavy atom. The Morgan fingerprint density at radius 1 is 1.10 bits per heavy atom. The first kappa shape index (κ1) is 21.2. The molecule has 2 aromatic rings. The fraction of sp³-hybridized carbons (Fsp3) is 0.409. The van der Waals surface area contributed by atoms with Crippen molar-refractivity contribution in [3.8, 4) is 5.75 Å². The number of carbonyl (C=O) groups is 1. The molecule has 2 aromatic carbocycles. The molecule has 0 aromatic heterocycles. The SMILES string of the molecule is Cc1cccc(CN2CCN(C(C)C(=O)Nc3ccccc3OC(F)F)CC2)c1. The summed E-state index contributed by atoms with van der Waals surface area (Å²) in [4.78, 5) is 17.1. The molecule has 1 N–H and O–H groups in total. The number of hydrogen-bond acceptors (Lipinski definition) is 4. The van der Waals surface area contributed by atoms with Gasteiger partial charge in [0, 0.05) is 32.7 Å². The predicted molar refractivity (Wildman–Crippen MR) is 109 cm³/mol. The van der Waals surface area contributed by atoms with Gasteiger partial charge in [0.05, 0.1) is 11.7 Å². The fourth-order valence-electron chi connectivity index (χ4n) is 3.55. The van der Waals surface area contributed by atoms with Gasteiger partial charge in [0.15, 0.2) is 0 Å². The molecule has 0 saturated carbocycles. The van der Waals surface area contributed by atoms with Crippen molar-refractivity contribution in [3.63, 3.8) is 0 Å². The monoisotopic (exact) mass is 403 g/mol. The van der Waals surface area contributed by atoms with Gasteiger partial charge in [0.2, 0.25) is 5.91 Å². The van der Waals surface area contributed by atoms with Gasteiger partial charge in [-0.25, -0.2) is 0 Å². The number of alkyl halides is 2. The van der Waals surface area contributed by atoms with Crippen LogP contribution in [0.15, 0.2) is 48.5 Å². The number of benzene rings is 2. The molecule has 0 radical (unpaired) electrons. The summed E-state index contributed by atoms with van der Waals surface area (Å²) in [6.45, 7) is 5.17. The van der Waals surface area contributed by atoms with E-state index < -0.39 is 6.61 Å². The zero-order valence-electron chi connectivity index (χ0n) is 16.8. The highest BCUT2D eigenvalue weighted by Crippen LogP contribution is 2.26. The van der Waals surface area contributed by atoms with E-state index in [1.165, 1.54) is 17.2 Å². The highest BCUT2D eigenvalue weighted by Gasteiger charge is 2.26. The third-order valence-electron chi connectivity index (χ3n) is 5.18. The number of para-hydroxylation sites is 2. The summed E-state index contributed by atoms with van der Waals surface area (Å²) in [5.41, 5.74) is 2.80. The molecule has 0 aliphatic carbocycles. The van der Waals surface area contributed by atoms with Gasteiger partial charge in [-0.2, -0.15) is 8.78 Å². The third kappa shape index (κ3) is 5.98. The van der Waals surface area contributed by atoms with E-state index >= 15 is 0 Å². The first-order valence-corrected chi connectivity index (χ1v) is 9.79. The molecule has 7 heteroatoms. The molecule has 1 aliphatic heterocycles. The van der Waals surface area contributed by atoms with Gasteiger partial charge >= 0.3 is 6.61 Å². The lowest BCUT2D eigenvalue weighted by atomic mass is 10.1. The molecule has 1 aliphatic rings.